The molecule has 3 aromatic rings. The Morgan fingerprint density at radius 3 is 2.33 bits per heavy atom. The van der Waals surface area contributed by atoms with E-state index in [2.05, 4.69) is 5.32 Å². The van der Waals surface area contributed by atoms with Crippen molar-refractivity contribution < 1.29 is 23.5 Å². The molecule has 0 saturated carbocycles. The van der Waals surface area contributed by atoms with Crippen LogP contribution in [0.3, 0.4) is 0 Å². The summed E-state index contributed by atoms with van der Waals surface area (Å²) in [5.74, 6) is -0.0744. The van der Waals surface area contributed by atoms with Crippen LogP contribution in [-0.4, -0.2) is 29.9 Å². The van der Waals surface area contributed by atoms with E-state index in [1.165, 1.54) is 28.4 Å². The third-order valence-corrected chi connectivity index (χ3v) is 5.89. The third-order valence-electron chi connectivity index (χ3n) is 5.00. The van der Waals surface area contributed by atoms with Crippen LogP contribution in [0.15, 0.2) is 65.7 Å². The van der Waals surface area contributed by atoms with Gasteiger partial charge in [0.25, 0.3) is 11.8 Å². The minimum atomic E-state index is -0.445. The van der Waals surface area contributed by atoms with Gasteiger partial charge in [-0.3, -0.25) is 14.5 Å². The molecule has 0 atom stereocenters. The molecule has 1 aromatic heterocycles. The van der Waals surface area contributed by atoms with Gasteiger partial charge in [0.1, 0.15) is 11.5 Å². The number of nitrogens with one attached hydrogen (secondary N) is 1. The summed E-state index contributed by atoms with van der Waals surface area (Å²) in [5.41, 5.74) is 1.75. The normalized spacial score (nSPS) is 13.6. The second-order valence-electron chi connectivity index (χ2n) is 7.20. The molecule has 170 valence electrons. The summed E-state index contributed by atoms with van der Waals surface area (Å²) < 4.78 is 24.6. The first-order valence-electron chi connectivity index (χ1n) is 10.6. The Morgan fingerprint density at radius 2 is 1.67 bits per heavy atom. The largest absolute Gasteiger partial charge is 0.490 e. The van der Waals surface area contributed by atoms with E-state index < -0.39 is 11.8 Å². The Kier molecular flexibility index (Phi) is 6.74. The maximum absolute atomic E-state index is 13.3. The van der Waals surface area contributed by atoms with Crippen molar-refractivity contribution >= 4 is 34.4 Å². The van der Waals surface area contributed by atoms with Crippen molar-refractivity contribution in [3.8, 4) is 11.5 Å². The lowest BCUT2D eigenvalue weighted by Gasteiger charge is -2.16. The molecule has 0 saturated heterocycles. The van der Waals surface area contributed by atoms with E-state index in [9.17, 15) is 14.0 Å². The number of rotatable bonds is 9. The van der Waals surface area contributed by atoms with Crippen LogP contribution in [0.1, 0.15) is 24.3 Å². The topological polar surface area (TPSA) is 67.9 Å². The molecule has 2 aromatic carbocycles. The van der Waals surface area contributed by atoms with Gasteiger partial charge in [0.05, 0.1) is 25.3 Å². The number of anilines is 1. The molecule has 33 heavy (non-hydrogen) atoms. The van der Waals surface area contributed by atoms with Gasteiger partial charge in [0.2, 0.25) is 0 Å². The molecule has 4 rings (SSSR count). The predicted octanol–water partition coefficient (Wildman–Crippen LogP) is 5.08. The van der Waals surface area contributed by atoms with Gasteiger partial charge >= 0.3 is 0 Å². The number of halogens is 1. The van der Waals surface area contributed by atoms with Crippen molar-refractivity contribution in [2.24, 2.45) is 0 Å². The molecule has 0 spiro atoms. The van der Waals surface area contributed by atoms with Crippen molar-refractivity contribution in [2.75, 3.05) is 18.5 Å². The Labute approximate surface area is 195 Å². The van der Waals surface area contributed by atoms with Gasteiger partial charge in [-0.1, -0.05) is 18.2 Å². The molecule has 1 aliphatic heterocycles. The van der Waals surface area contributed by atoms with Crippen LogP contribution in [0.25, 0.3) is 5.57 Å². The Bertz CT molecular complexity index is 1190. The fourth-order valence-electron chi connectivity index (χ4n) is 3.53. The zero-order chi connectivity index (χ0) is 23.4. The zero-order valence-electron chi connectivity index (χ0n) is 18.3. The monoisotopic (exact) mass is 466 g/mol. The van der Waals surface area contributed by atoms with Crippen molar-refractivity contribution in [2.45, 2.75) is 20.4 Å². The molecule has 0 bridgehead atoms. The van der Waals surface area contributed by atoms with Gasteiger partial charge < -0.3 is 14.8 Å². The summed E-state index contributed by atoms with van der Waals surface area (Å²) in [6, 6.07) is 14.7. The van der Waals surface area contributed by atoms with Crippen molar-refractivity contribution in [1.29, 1.82) is 0 Å². The first-order valence-corrected chi connectivity index (χ1v) is 11.4. The van der Waals surface area contributed by atoms with Crippen molar-refractivity contribution in [3.63, 3.8) is 0 Å². The van der Waals surface area contributed by atoms with E-state index in [-0.39, 0.29) is 18.1 Å². The second kappa shape index (κ2) is 9.87. The van der Waals surface area contributed by atoms with Gasteiger partial charge in [-0.05, 0) is 55.1 Å². The van der Waals surface area contributed by atoms with Crippen LogP contribution in [0, 0.1) is 5.82 Å². The Hall–Kier alpha value is -3.65. The number of benzene rings is 2. The third kappa shape index (κ3) is 4.75. The molecule has 1 aliphatic rings. The Balaban J connectivity index is 1.68. The quantitative estimate of drug-likeness (QED) is 0.446. The lowest BCUT2D eigenvalue weighted by atomic mass is 10.1. The Morgan fingerprint density at radius 1 is 0.939 bits per heavy atom. The average molecular weight is 467 g/mol. The molecule has 0 fully saturated rings. The van der Waals surface area contributed by atoms with Gasteiger partial charge in [0, 0.05) is 16.6 Å². The summed E-state index contributed by atoms with van der Waals surface area (Å²) in [5, 5.41) is 4.98. The van der Waals surface area contributed by atoms with Crippen LogP contribution >= 0.6 is 11.3 Å². The predicted molar refractivity (Wildman–Crippen MR) is 126 cm³/mol. The van der Waals surface area contributed by atoms with E-state index in [1.807, 2.05) is 25.3 Å². The number of imide groups is 1. The number of carbonyl (C=O) groups is 2. The van der Waals surface area contributed by atoms with Crippen molar-refractivity contribution in [1.82, 2.24) is 4.90 Å². The minimum absolute atomic E-state index is 0.0471. The summed E-state index contributed by atoms with van der Waals surface area (Å²) in [4.78, 5) is 28.5. The molecule has 1 N–H and O–H groups in total. The summed E-state index contributed by atoms with van der Waals surface area (Å²) >= 11 is 1.38. The maximum Gasteiger partial charge on any atom is 0.278 e. The summed E-state index contributed by atoms with van der Waals surface area (Å²) in [7, 11) is 0. The van der Waals surface area contributed by atoms with E-state index >= 15 is 0 Å². The lowest BCUT2D eigenvalue weighted by molar-refractivity contribution is -0.137. The molecule has 6 nitrogen and oxygen atoms in total. The molecular weight excluding hydrogens is 443 g/mol. The first kappa shape index (κ1) is 22.5. The fraction of sp³-hybridized carbons (Fsp3) is 0.200. The molecule has 0 radical (unpaired) electrons. The van der Waals surface area contributed by atoms with Crippen LogP contribution in [0.4, 0.5) is 10.1 Å². The van der Waals surface area contributed by atoms with Crippen LogP contribution in [0.5, 0.6) is 11.5 Å². The van der Waals surface area contributed by atoms with E-state index in [1.54, 1.807) is 36.4 Å². The first-order chi connectivity index (χ1) is 16.0. The number of carbonyl (C=O) groups excluding carboxylic acids is 2. The van der Waals surface area contributed by atoms with Crippen molar-refractivity contribution in [3.05, 3.63) is 81.9 Å². The van der Waals surface area contributed by atoms with Gasteiger partial charge in [-0.25, -0.2) is 4.39 Å². The number of nitrogens with zero attached hydrogens (tertiary/aromatic N) is 1. The number of hydrogen-bond acceptors (Lipinski definition) is 6. The number of hydrogen-bond donors (Lipinski definition) is 1. The highest BCUT2D eigenvalue weighted by atomic mass is 32.1. The minimum Gasteiger partial charge on any atom is -0.490 e. The average Bonchev–Trinajstić information content (AvgIpc) is 3.40. The van der Waals surface area contributed by atoms with Gasteiger partial charge in [0.15, 0.2) is 11.5 Å². The van der Waals surface area contributed by atoms with E-state index in [0.717, 1.165) is 0 Å². The van der Waals surface area contributed by atoms with Crippen LogP contribution in [0.2, 0.25) is 0 Å². The summed E-state index contributed by atoms with van der Waals surface area (Å²) in [6.07, 6.45) is 0. The second-order valence-corrected chi connectivity index (χ2v) is 8.15. The highest BCUT2D eigenvalue weighted by Crippen LogP contribution is 2.36. The van der Waals surface area contributed by atoms with Gasteiger partial charge in [-0.2, -0.15) is 0 Å². The molecular formula is C25H23FN2O4S. The molecule has 0 unspecified atom stereocenters. The lowest BCUT2D eigenvalue weighted by Crippen LogP contribution is -2.31. The molecule has 2 amide bonds. The van der Waals surface area contributed by atoms with Crippen LogP contribution in [-0.2, 0) is 16.1 Å². The van der Waals surface area contributed by atoms with Gasteiger partial charge in [-0.15, -0.1) is 11.3 Å². The smallest absolute Gasteiger partial charge is 0.278 e. The molecule has 2 heterocycles. The zero-order valence-corrected chi connectivity index (χ0v) is 19.1. The highest BCUT2D eigenvalue weighted by Gasteiger charge is 2.39. The standard InChI is InChI=1S/C25H23FN2O4S/c1-3-31-19-12-11-18(14-20(19)32-4-2)27-23-22(21-6-5-13-33-21)24(29)28(25(23)30)15-16-7-9-17(26)10-8-16/h5-14,27H,3-4,15H2,1-2H3. The van der Waals surface area contributed by atoms with Crippen LogP contribution < -0.4 is 14.8 Å². The summed E-state index contributed by atoms with van der Waals surface area (Å²) in [6.45, 7) is 4.76. The SMILES string of the molecule is CCOc1ccc(NC2=C(c3cccs3)C(=O)N(Cc3ccc(F)cc3)C2=O)cc1OCC. The maximum atomic E-state index is 13.3. The fourth-order valence-corrected chi connectivity index (χ4v) is 4.30. The van der Waals surface area contributed by atoms with E-state index in [0.29, 0.717) is 46.4 Å². The highest BCUT2D eigenvalue weighted by molar-refractivity contribution is 7.11. The molecule has 8 heteroatoms. The van der Waals surface area contributed by atoms with E-state index in [4.69, 9.17) is 9.47 Å². The number of ether oxygens (including phenoxy) is 2. The molecule has 0 aliphatic carbocycles. The number of thiophene rings is 1. The number of amides is 2.